The fourth-order valence-corrected chi connectivity index (χ4v) is 4.14. The summed E-state index contributed by atoms with van der Waals surface area (Å²) in [6.07, 6.45) is 6.45. The van der Waals surface area contributed by atoms with Crippen LogP contribution in [0.4, 0.5) is 4.39 Å². The second-order valence-electron chi connectivity index (χ2n) is 6.36. The Morgan fingerprint density at radius 3 is 2.50 bits per heavy atom. The molecule has 3 rings (SSSR count). The van der Waals surface area contributed by atoms with E-state index in [2.05, 4.69) is 5.32 Å². The maximum absolute atomic E-state index is 13.2. The first-order valence-corrected chi connectivity index (χ1v) is 7.72. The molecule has 1 aromatic carbocycles. The van der Waals surface area contributed by atoms with Crippen LogP contribution in [-0.4, -0.2) is 26.3 Å². The number of benzene rings is 1. The summed E-state index contributed by atoms with van der Waals surface area (Å²) >= 11 is 0. The summed E-state index contributed by atoms with van der Waals surface area (Å²) in [6, 6.07) is 7.13. The quantitative estimate of drug-likeness (QED) is 0.893. The number of ether oxygens (including phenoxy) is 1. The topological polar surface area (TPSA) is 21.3 Å². The van der Waals surface area contributed by atoms with Crippen LogP contribution >= 0.6 is 0 Å². The standard InChI is InChI=1S/C17H24FNO/c1-20-15-6-8-17(9-7-15)10-11-19-12-16(17)13-2-4-14(18)5-3-13/h2-5,15-16,19H,6-12H2,1H3. The number of halogens is 1. The van der Waals surface area contributed by atoms with Gasteiger partial charge in [-0.15, -0.1) is 0 Å². The van der Waals surface area contributed by atoms with Crippen LogP contribution in [0.25, 0.3) is 0 Å². The van der Waals surface area contributed by atoms with Crippen LogP contribution in [0.2, 0.25) is 0 Å². The van der Waals surface area contributed by atoms with E-state index in [1.165, 1.54) is 24.8 Å². The van der Waals surface area contributed by atoms with Crippen LogP contribution in [0.3, 0.4) is 0 Å². The Morgan fingerprint density at radius 2 is 1.85 bits per heavy atom. The van der Waals surface area contributed by atoms with E-state index in [-0.39, 0.29) is 5.82 Å². The molecule has 3 heteroatoms. The van der Waals surface area contributed by atoms with Crippen molar-refractivity contribution in [1.82, 2.24) is 5.32 Å². The molecule has 0 bridgehead atoms. The number of hydrogen-bond donors (Lipinski definition) is 1. The molecule has 1 atom stereocenters. The number of nitrogens with one attached hydrogen (secondary N) is 1. The molecule has 1 heterocycles. The molecule has 1 unspecified atom stereocenters. The zero-order chi connectivity index (χ0) is 14.0. The van der Waals surface area contributed by atoms with E-state index in [4.69, 9.17) is 4.74 Å². The first-order valence-electron chi connectivity index (χ1n) is 7.72. The Hall–Kier alpha value is -0.930. The van der Waals surface area contributed by atoms with E-state index >= 15 is 0 Å². The van der Waals surface area contributed by atoms with Gasteiger partial charge in [-0.1, -0.05) is 12.1 Å². The van der Waals surface area contributed by atoms with Crippen LogP contribution in [0.1, 0.15) is 43.6 Å². The Bertz CT molecular complexity index is 437. The minimum Gasteiger partial charge on any atom is -0.381 e. The molecule has 2 fully saturated rings. The largest absolute Gasteiger partial charge is 0.381 e. The number of hydrogen-bond acceptors (Lipinski definition) is 2. The van der Waals surface area contributed by atoms with Gasteiger partial charge in [0.1, 0.15) is 5.82 Å². The van der Waals surface area contributed by atoms with E-state index in [0.717, 1.165) is 25.9 Å². The van der Waals surface area contributed by atoms with E-state index in [1.54, 1.807) is 12.1 Å². The SMILES string of the molecule is COC1CCC2(CCNCC2c2ccc(F)cc2)CC1. The fourth-order valence-electron chi connectivity index (χ4n) is 4.14. The van der Waals surface area contributed by atoms with Gasteiger partial charge in [0, 0.05) is 19.6 Å². The normalized spacial score (nSPS) is 34.3. The lowest BCUT2D eigenvalue weighted by Crippen LogP contribution is -2.46. The first kappa shape index (κ1) is 14.0. The summed E-state index contributed by atoms with van der Waals surface area (Å²) in [5.41, 5.74) is 1.67. The Labute approximate surface area is 120 Å². The van der Waals surface area contributed by atoms with Crippen LogP contribution in [0, 0.1) is 11.2 Å². The maximum Gasteiger partial charge on any atom is 0.123 e. The van der Waals surface area contributed by atoms with Gasteiger partial charge in [-0.3, -0.25) is 0 Å². The molecule has 0 radical (unpaired) electrons. The van der Waals surface area contributed by atoms with E-state index in [9.17, 15) is 4.39 Å². The molecule has 0 amide bonds. The minimum atomic E-state index is -0.144. The smallest absolute Gasteiger partial charge is 0.123 e. The molecule has 1 aliphatic heterocycles. The lowest BCUT2D eigenvalue weighted by molar-refractivity contribution is 0.00443. The molecule has 0 aromatic heterocycles. The highest BCUT2D eigenvalue weighted by molar-refractivity contribution is 5.25. The predicted molar refractivity (Wildman–Crippen MR) is 78.3 cm³/mol. The van der Waals surface area contributed by atoms with Crippen LogP contribution < -0.4 is 5.32 Å². The summed E-state index contributed by atoms with van der Waals surface area (Å²) in [7, 11) is 1.82. The van der Waals surface area contributed by atoms with Crippen LogP contribution in [-0.2, 0) is 4.74 Å². The van der Waals surface area contributed by atoms with Gasteiger partial charge in [0.2, 0.25) is 0 Å². The van der Waals surface area contributed by atoms with E-state index in [0.29, 0.717) is 17.4 Å². The van der Waals surface area contributed by atoms with Gasteiger partial charge in [-0.2, -0.15) is 0 Å². The molecule has 2 nitrogen and oxygen atoms in total. The van der Waals surface area contributed by atoms with Gasteiger partial charge in [-0.25, -0.2) is 4.39 Å². The summed E-state index contributed by atoms with van der Waals surface area (Å²) in [4.78, 5) is 0. The minimum absolute atomic E-state index is 0.144. The Balaban J connectivity index is 1.82. The Kier molecular flexibility index (Phi) is 4.08. The number of piperidine rings is 1. The summed E-state index contributed by atoms with van der Waals surface area (Å²) in [6.45, 7) is 2.12. The van der Waals surface area contributed by atoms with Crippen molar-refractivity contribution in [2.75, 3.05) is 20.2 Å². The highest BCUT2D eigenvalue weighted by atomic mass is 19.1. The van der Waals surface area contributed by atoms with Crippen molar-refractivity contribution >= 4 is 0 Å². The zero-order valence-electron chi connectivity index (χ0n) is 12.2. The molecule has 1 saturated carbocycles. The lowest BCUT2D eigenvalue weighted by atomic mass is 9.60. The summed E-state index contributed by atoms with van der Waals surface area (Å²) < 4.78 is 18.7. The van der Waals surface area contributed by atoms with E-state index < -0.39 is 0 Å². The second kappa shape index (κ2) is 5.82. The molecule has 1 aliphatic carbocycles. The maximum atomic E-state index is 13.2. The predicted octanol–water partition coefficient (Wildman–Crippen LogP) is 3.48. The molecule has 20 heavy (non-hydrogen) atoms. The van der Waals surface area contributed by atoms with Crippen LogP contribution in [0.5, 0.6) is 0 Å². The van der Waals surface area contributed by atoms with Gasteiger partial charge in [-0.05, 0) is 61.8 Å². The third kappa shape index (κ3) is 2.61. The van der Waals surface area contributed by atoms with Gasteiger partial charge >= 0.3 is 0 Å². The third-order valence-corrected chi connectivity index (χ3v) is 5.42. The van der Waals surface area contributed by atoms with Gasteiger partial charge in [0.05, 0.1) is 6.10 Å². The molecular formula is C17H24FNO. The fraction of sp³-hybridized carbons (Fsp3) is 0.647. The van der Waals surface area contributed by atoms with Crippen molar-refractivity contribution in [1.29, 1.82) is 0 Å². The molecule has 1 aromatic rings. The van der Waals surface area contributed by atoms with Crippen molar-refractivity contribution in [2.45, 2.75) is 44.1 Å². The second-order valence-corrected chi connectivity index (χ2v) is 6.36. The molecule has 1 N–H and O–H groups in total. The average Bonchev–Trinajstić information content (AvgIpc) is 2.50. The van der Waals surface area contributed by atoms with Gasteiger partial charge < -0.3 is 10.1 Å². The zero-order valence-corrected chi connectivity index (χ0v) is 12.2. The van der Waals surface area contributed by atoms with Crippen molar-refractivity contribution < 1.29 is 9.13 Å². The number of rotatable bonds is 2. The molecule has 1 saturated heterocycles. The molecule has 2 aliphatic rings. The molecular weight excluding hydrogens is 253 g/mol. The van der Waals surface area contributed by atoms with Gasteiger partial charge in [0.25, 0.3) is 0 Å². The van der Waals surface area contributed by atoms with Gasteiger partial charge in [0.15, 0.2) is 0 Å². The van der Waals surface area contributed by atoms with Crippen molar-refractivity contribution in [3.8, 4) is 0 Å². The first-order chi connectivity index (χ1) is 9.73. The highest BCUT2D eigenvalue weighted by Gasteiger charge is 2.43. The van der Waals surface area contributed by atoms with Crippen molar-refractivity contribution in [3.05, 3.63) is 35.6 Å². The average molecular weight is 277 g/mol. The summed E-state index contributed by atoms with van der Waals surface area (Å²) in [5.74, 6) is 0.365. The monoisotopic (exact) mass is 277 g/mol. The Morgan fingerprint density at radius 1 is 1.15 bits per heavy atom. The third-order valence-electron chi connectivity index (χ3n) is 5.42. The van der Waals surface area contributed by atoms with Crippen molar-refractivity contribution in [3.63, 3.8) is 0 Å². The number of methoxy groups -OCH3 is 1. The molecule has 110 valence electrons. The molecule has 1 spiro atoms. The van der Waals surface area contributed by atoms with E-state index in [1.807, 2.05) is 19.2 Å². The summed E-state index contributed by atoms with van der Waals surface area (Å²) in [5, 5.41) is 3.52. The van der Waals surface area contributed by atoms with Crippen LogP contribution in [0.15, 0.2) is 24.3 Å². The highest BCUT2D eigenvalue weighted by Crippen LogP contribution is 2.51. The lowest BCUT2D eigenvalue weighted by Gasteiger charge is -2.48. The van der Waals surface area contributed by atoms with Crippen molar-refractivity contribution in [2.24, 2.45) is 5.41 Å².